The van der Waals surface area contributed by atoms with E-state index in [4.69, 9.17) is 23.2 Å². The molecule has 2 rings (SSSR count). The van der Waals surface area contributed by atoms with Crippen LogP contribution in [-0.2, 0) is 9.53 Å². The molecule has 1 aliphatic rings. The van der Waals surface area contributed by atoms with Gasteiger partial charge in [-0.3, -0.25) is 9.53 Å². The van der Waals surface area contributed by atoms with Crippen LogP contribution in [0.3, 0.4) is 0 Å². The van der Waals surface area contributed by atoms with Crippen molar-refractivity contribution in [3.8, 4) is 0 Å². The Hall–Kier alpha value is -1.40. The van der Waals surface area contributed by atoms with Gasteiger partial charge in [0.15, 0.2) is 0 Å². The summed E-state index contributed by atoms with van der Waals surface area (Å²) in [7, 11) is 0. The second-order valence-electron chi connectivity index (χ2n) is 4.99. The number of hydrogen-bond donors (Lipinski definition) is 1. The van der Waals surface area contributed by atoms with Gasteiger partial charge in [-0.2, -0.15) is 39.5 Å². The molecule has 0 aliphatic carbocycles. The maximum Gasteiger partial charge on any atom is 0.428 e. The molecule has 0 saturated carbocycles. The summed E-state index contributed by atoms with van der Waals surface area (Å²) in [4.78, 5) is 11.5. The number of nitrogens with one attached hydrogen (secondary N) is 1. The van der Waals surface area contributed by atoms with E-state index in [2.05, 4.69) is 4.74 Å². The van der Waals surface area contributed by atoms with Gasteiger partial charge in [-0.15, -0.1) is 0 Å². The predicted molar refractivity (Wildman–Crippen MR) is 69.8 cm³/mol. The molecule has 0 radical (unpaired) electrons. The highest BCUT2D eigenvalue weighted by molar-refractivity contribution is 6.39. The van der Waals surface area contributed by atoms with Crippen LogP contribution in [0.5, 0.6) is 0 Å². The maximum absolute atomic E-state index is 14.0. The van der Waals surface area contributed by atoms with E-state index in [9.17, 15) is 44.3 Å². The summed E-state index contributed by atoms with van der Waals surface area (Å²) in [5.74, 6) is -29.0. The Morgan fingerprint density at radius 2 is 1.42 bits per heavy atom. The monoisotopic (exact) mass is 435 g/mol. The Balaban J connectivity index is 2.48. The Kier molecular flexibility index (Phi) is 4.66. The number of carbonyl (C=O) groups excluding carboxylic acids is 1. The Bertz CT molecular complexity index is 738. The van der Waals surface area contributed by atoms with Crippen LogP contribution in [0.4, 0.5) is 45.2 Å². The lowest BCUT2D eigenvalue weighted by Crippen LogP contribution is -2.63. The first kappa shape index (κ1) is 20.9. The van der Waals surface area contributed by atoms with Crippen molar-refractivity contribution in [3.63, 3.8) is 0 Å². The van der Waals surface area contributed by atoms with Gasteiger partial charge in [0.05, 0.1) is 15.7 Å². The average Bonchev–Trinajstić information content (AvgIpc) is 2.58. The number of para-hydroxylation sites is 1. The molecule has 1 saturated heterocycles. The molecule has 0 aromatic heterocycles. The predicted octanol–water partition coefficient (Wildman–Crippen LogP) is 5.13. The fourth-order valence-electron chi connectivity index (χ4n) is 1.91. The first-order valence-corrected chi connectivity index (χ1v) is 6.94. The molecule has 146 valence electrons. The molecule has 14 heteroatoms. The number of ether oxygens (including phenoxy) is 1. The van der Waals surface area contributed by atoms with E-state index in [0.29, 0.717) is 0 Å². The van der Waals surface area contributed by atoms with Gasteiger partial charge in [-0.05, 0) is 12.1 Å². The topological polar surface area (TPSA) is 38.3 Å². The van der Waals surface area contributed by atoms with Gasteiger partial charge in [-0.25, -0.2) is 0 Å². The number of benzene rings is 1. The first-order valence-electron chi connectivity index (χ1n) is 6.19. The second-order valence-corrected chi connectivity index (χ2v) is 5.80. The summed E-state index contributed by atoms with van der Waals surface area (Å²) in [5, 5.41) is 0.0698. The van der Waals surface area contributed by atoms with Crippen LogP contribution >= 0.6 is 23.2 Å². The summed E-state index contributed by atoms with van der Waals surface area (Å²) >= 11 is 11.0. The van der Waals surface area contributed by atoms with Crippen molar-refractivity contribution in [2.24, 2.45) is 0 Å². The van der Waals surface area contributed by atoms with Gasteiger partial charge in [0.2, 0.25) is 0 Å². The Labute approximate surface area is 148 Å². The third-order valence-corrected chi connectivity index (χ3v) is 3.95. The minimum atomic E-state index is -6.77. The standard InChI is InChI=1S/C12H4Cl2F9NO2/c13-4-2-1-3-5(14)6(4)24-7(25)8(15,16)11(21)9(17,18)10(19,20)12(22,23)26-11/h1-3H,(H,24,25). The molecule has 1 aromatic rings. The van der Waals surface area contributed by atoms with Crippen molar-refractivity contribution in [3.05, 3.63) is 28.2 Å². The normalized spacial score (nSPS) is 26.6. The van der Waals surface area contributed by atoms with Crippen molar-refractivity contribution in [2.75, 3.05) is 5.32 Å². The smallest absolute Gasteiger partial charge is 0.318 e. The van der Waals surface area contributed by atoms with Gasteiger partial charge >= 0.3 is 35.6 Å². The van der Waals surface area contributed by atoms with Crippen LogP contribution in [0.2, 0.25) is 10.0 Å². The molecular weight excluding hydrogens is 432 g/mol. The van der Waals surface area contributed by atoms with Crippen molar-refractivity contribution in [2.45, 2.75) is 29.7 Å². The highest BCUT2D eigenvalue weighted by Crippen LogP contribution is 2.64. The number of carbonyl (C=O) groups is 1. The number of anilines is 1. The van der Waals surface area contributed by atoms with E-state index in [1.54, 1.807) is 0 Å². The minimum absolute atomic E-state index is 0.524. The third kappa shape index (κ3) is 2.53. The van der Waals surface area contributed by atoms with E-state index in [1.807, 2.05) is 0 Å². The zero-order chi connectivity index (χ0) is 20.3. The molecule has 1 amide bonds. The summed E-state index contributed by atoms with van der Waals surface area (Å²) in [6, 6.07) is 3.13. The van der Waals surface area contributed by atoms with E-state index < -0.39 is 51.4 Å². The summed E-state index contributed by atoms with van der Waals surface area (Å²) in [5.41, 5.74) is -0.830. The number of amides is 1. The largest absolute Gasteiger partial charge is 0.428 e. The van der Waals surface area contributed by atoms with Gasteiger partial charge in [-0.1, -0.05) is 29.3 Å². The lowest BCUT2D eigenvalue weighted by molar-refractivity contribution is -0.366. The maximum atomic E-state index is 14.0. The fraction of sp³-hybridized carbons (Fsp3) is 0.417. The van der Waals surface area contributed by atoms with Crippen LogP contribution in [0.1, 0.15) is 0 Å². The SMILES string of the molecule is O=C(Nc1c(Cl)cccc1Cl)C(F)(F)C1(F)OC(F)(F)C(F)(F)C1(F)F. The molecule has 1 atom stereocenters. The van der Waals surface area contributed by atoms with Crippen LogP contribution < -0.4 is 5.32 Å². The molecule has 1 fully saturated rings. The third-order valence-electron chi connectivity index (χ3n) is 3.32. The molecule has 0 spiro atoms. The molecular formula is C12H4Cl2F9NO2. The Morgan fingerprint density at radius 1 is 0.962 bits per heavy atom. The van der Waals surface area contributed by atoms with E-state index >= 15 is 0 Å². The lowest BCUT2D eigenvalue weighted by atomic mass is 9.99. The van der Waals surface area contributed by atoms with Gasteiger partial charge < -0.3 is 5.32 Å². The summed E-state index contributed by atoms with van der Waals surface area (Å²) in [6.45, 7) is 0. The number of alkyl halides is 9. The lowest BCUT2D eigenvalue weighted by Gasteiger charge is -2.31. The number of halogens is 11. The van der Waals surface area contributed by atoms with Crippen molar-refractivity contribution in [1.29, 1.82) is 0 Å². The van der Waals surface area contributed by atoms with Gasteiger partial charge in [0.25, 0.3) is 0 Å². The van der Waals surface area contributed by atoms with Crippen LogP contribution in [-0.4, -0.2) is 35.6 Å². The highest BCUT2D eigenvalue weighted by atomic mass is 35.5. The number of hydrogen-bond acceptors (Lipinski definition) is 2. The van der Waals surface area contributed by atoms with E-state index in [-0.39, 0.29) is 0 Å². The average molecular weight is 436 g/mol. The molecule has 1 aromatic carbocycles. The Morgan fingerprint density at radius 3 is 1.81 bits per heavy atom. The highest BCUT2D eigenvalue weighted by Gasteiger charge is 2.96. The molecule has 0 bridgehead atoms. The van der Waals surface area contributed by atoms with Crippen LogP contribution in [0.15, 0.2) is 18.2 Å². The molecule has 1 aliphatic heterocycles. The zero-order valence-electron chi connectivity index (χ0n) is 11.7. The van der Waals surface area contributed by atoms with E-state index in [1.165, 1.54) is 6.07 Å². The van der Waals surface area contributed by atoms with Crippen molar-refractivity contribution in [1.82, 2.24) is 0 Å². The fourth-order valence-corrected chi connectivity index (χ4v) is 2.40. The van der Waals surface area contributed by atoms with Crippen LogP contribution in [0, 0.1) is 0 Å². The summed E-state index contributed by atoms with van der Waals surface area (Å²) < 4.78 is 123. The summed E-state index contributed by atoms with van der Waals surface area (Å²) in [6.07, 6.45) is -6.32. The molecule has 26 heavy (non-hydrogen) atoms. The molecule has 1 unspecified atom stereocenters. The van der Waals surface area contributed by atoms with Crippen molar-refractivity contribution >= 4 is 34.8 Å². The van der Waals surface area contributed by atoms with Crippen molar-refractivity contribution < 1.29 is 49.0 Å². The molecule has 1 heterocycles. The zero-order valence-corrected chi connectivity index (χ0v) is 13.2. The number of rotatable bonds is 3. The van der Waals surface area contributed by atoms with Gasteiger partial charge in [0.1, 0.15) is 0 Å². The van der Waals surface area contributed by atoms with E-state index in [0.717, 1.165) is 17.4 Å². The first-order chi connectivity index (χ1) is 11.5. The van der Waals surface area contributed by atoms with Crippen LogP contribution in [0.25, 0.3) is 0 Å². The second kappa shape index (κ2) is 5.80. The van der Waals surface area contributed by atoms with Gasteiger partial charge in [0, 0.05) is 0 Å². The molecule has 3 nitrogen and oxygen atoms in total. The quantitative estimate of drug-likeness (QED) is 0.668. The minimum Gasteiger partial charge on any atom is -0.318 e. The molecule has 1 N–H and O–H groups in total.